The van der Waals surface area contributed by atoms with Gasteiger partial charge in [0.25, 0.3) is 0 Å². The lowest BCUT2D eigenvalue weighted by Gasteiger charge is -2.35. The first-order valence-corrected chi connectivity index (χ1v) is 9.84. The van der Waals surface area contributed by atoms with E-state index in [4.69, 9.17) is 0 Å². The molecule has 0 saturated heterocycles. The van der Waals surface area contributed by atoms with Crippen molar-refractivity contribution in [1.29, 1.82) is 0 Å². The molecule has 0 spiro atoms. The summed E-state index contributed by atoms with van der Waals surface area (Å²) in [6.07, 6.45) is 1.18. The van der Waals surface area contributed by atoms with E-state index < -0.39 is 9.84 Å². The number of sulfone groups is 1. The van der Waals surface area contributed by atoms with Gasteiger partial charge in [0.2, 0.25) is 0 Å². The van der Waals surface area contributed by atoms with Crippen LogP contribution in [0.1, 0.15) is 25.0 Å². The molecule has 1 unspecified atom stereocenters. The van der Waals surface area contributed by atoms with E-state index in [-0.39, 0.29) is 22.5 Å². The molecular formula is C20H20O3S. The van der Waals surface area contributed by atoms with Crippen LogP contribution in [-0.4, -0.2) is 20.5 Å². The average molecular weight is 340 g/mol. The maximum Gasteiger partial charge on any atom is 0.175 e. The van der Waals surface area contributed by atoms with E-state index in [1.54, 1.807) is 24.3 Å². The first-order chi connectivity index (χ1) is 11.3. The van der Waals surface area contributed by atoms with Crippen LogP contribution >= 0.6 is 0 Å². The highest BCUT2D eigenvalue weighted by Gasteiger charge is 2.41. The summed E-state index contributed by atoms with van der Waals surface area (Å²) in [5, 5.41) is 0. The summed E-state index contributed by atoms with van der Waals surface area (Å²) in [4.78, 5) is 13.0. The first-order valence-electron chi connectivity index (χ1n) is 7.95. The van der Waals surface area contributed by atoms with Crippen molar-refractivity contribution in [2.45, 2.75) is 18.7 Å². The van der Waals surface area contributed by atoms with Crippen molar-refractivity contribution in [2.75, 3.05) is 6.26 Å². The van der Waals surface area contributed by atoms with Crippen molar-refractivity contribution in [1.82, 2.24) is 0 Å². The standard InChI is InChI=1S/C20H20O3S/c1-13(2)17-18(14-7-5-4-6-8-14)19(20(17)21)15-9-11-16(12-10-15)24(3,22)23/h4-13,17H,1-3H3. The average Bonchev–Trinajstić information content (AvgIpc) is 2.52. The van der Waals surface area contributed by atoms with Gasteiger partial charge in [-0.15, -0.1) is 0 Å². The molecular weight excluding hydrogens is 320 g/mol. The van der Waals surface area contributed by atoms with E-state index >= 15 is 0 Å². The Morgan fingerprint density at radius 3 is 1.96 bits per heavy atom. The molecule has 0 saturated carbocycles. The summed E-state index contributed by atoms with van der Waals surface area (Å²) in [5.74, 6) is 0.264. The Bertz CT molecular complexity index is 905. The van der Waals surface area contributed by atoms with E-state index in [9.17, 15) is 13.2 Å². The Labute approximate surface area is 142 Å². The van der Waals surface area contributed by atoms with Gasteiger partial charge in [-0.2, -0.15) is 0 Å². The number of carbonyl (C=O) groups is 1. The SMILES string of the molecule is CC(C)C1C(=O)C(c2ccc(S(C)(=O)=O)cc2)=C1c1ccccc1. The molecule has 0 bridgehead atoms. The van der Waals surface area contributed by atoms with Crippen molar-refractivity contribution in [3.8, 4) is 0 Å². The van der Waals surface area contributed by atoms with Crippen molar-refractivity contribution in [3.05, 3.63) is 65.7 Å². The zero-order chi connectivity index (χ0) is 17.5. The van der Waals surface area contributed by atoms with Gasteiger partial charge in [-0.1, -0.05) is 56.3 Å². The number of hydrogen-bond acceptors (Lipinski definition) is 3. The summed E-state index contributed by atoms with van der Waals surface area (Å²) in [6, 6.07) is 16.5. The number of carbonyl (C=O) groups excluding carboxylic acids is 1. The van der Waals surface area contributed by atoms with Crippen LogP contribution < -0.4 is 0 Å². The first kappa shape index (κ1) is 16.7. The molecule has 4 heteroatoms. The van der Waals surface area contributed by atoms with Crippen LogP contribution in [0.5, 0.6) is 0 Å². The summed E-state index contributed by atoms with van der Waals surface area (Å²) in [5.41, 5.74) is 3.60. The molecule has 0 N–H and O–H groups in total. The van der Waals surface area contributed by atoms with E-state index in [0.29, 0.717) is 5.57 Å². The van der Waals surface area contributed by atoms with Crippen LogP contribution in [-0.2, 0) is 14.6 Å². The molecule has 0 radical (unpaired) electrons. The number of rotatable bonds is 4. The summed E-state index contributed by atoms with van der Waals surface area (Å²) in [7, 11) is -3.24. The van der Waals surface area contributed by atoms with E-state index in [1.807, 2.05) is 30.3 Å². The molecule has 1 aliphatic carbocycles. The lowest BCUT2D eigenvalue weighted by Crippen LogP contribution is -2.33. The van der Waals surface area contributed by atoms with Crippen LogP contribution in [0, 0.1) is 11.8 Å². The van der Waals surface area contributed by atoms with E-state index in [2.05, 4.69) is 13.8 Å². The quantitative estimate of drug-likeness (QED) is 0.849. The van der Waals surface area contributed by atoms with Crippen molar-refractivity contribution < 1.29 is 13.2 Å². The second kappa shape index (κ2) is 6.02. The topological polar surface area (TPSA) is 51.2 Å². The van der Waals surface area contributed by atoms with Crippen molar-refractivity contribution in [2.24, 2.45) is 11.8 Å². The smallest absolute Gasteiger partial charge is 0.175 e. The normalized spacial score (nSPS) is 18.0. The van der Waals surface area contributed by atoms with Gasteiger partial charge in [-0.3, -0.25) is 4.79 Å². The van der Waals surface area contributed by atoms with Gasteiger partial charge < -0.3 is 0 Å². The fourth-order valence-electron chi connectivity index (χ4n) is 3.24. The Balaban J connectivity index is 2.13. The second-order valence-electron chi connectivity index (χ2n) is 6.54. The molecule has 0 amide bonds. The van der Waals surface area contributed by atoms with Gasteiger partial charge in [0.1, 0.15) is 0 Å². The van der Waals surface area contributed by atoms with Gasteiger partial charge in [-0.05, 0) is 34.8 Å². The van der Waals surface area contributed by atoms with Crippen molar-refractivity contribution in [3.63, 3.8) is 0 Å². The third kappa shape index (κ3) is 2.82. The van der Waals surface area contributed by atoms with Crippen LogP contribution in [0.15, 0.2) is 59.5 Å². The van der Waals surface area contributed by atoms with E-state index in [0.717, 1.165) is 16.7 Å². The van der Waals surface area contributed by atoms with Gasteiger partial charge in [0.15, 0.2) is 15.6 Å². The van der Waals surface area contributed by atoms with Gasteiger partial charge >= 0.3 is 0 Å². The Morgan fingerprint density at radius 2 is 1.46 bits per heavy atom. The van der Waals surface area contributed by atoms with Gasteiger partial charge in [0, 0.05) is 11.8 Å². The highest BCUT2D eigenvalue weighted by Crippen LogP contribution is 2.47. The molecule has 3 nitrogen and oxygen atoms in total. The number of ketones is 1. The highest BCUT2D eigenvalue weighted by molar-refractivity contribution is 7.90. The molecule has 2 aromatic rings. The molecule has 1 atom stereocenters. The molecule has 0 fully saturated rings. The Morgan fingerprint density at radius 1 is 0.875 bits per heavy atom. The molecule has 2 aromatic carbocycles. The van der Waals surface area contributed by atoms with E-state index in [1.165, 1.54) is 6.26 Å². The third-order valence-corrected chi connectivity index (χ3v) is 5.56. The second-order valence-corrected chi connectivity index (χ2v) is 8.55. The van der Waals surface area contributed by atoms with Gasteiger partial charge in [0.05, 0.1) is 10.8 Å². The maximum absolute atomic E-state index is 12.7. The minimum Gasteiger partial charge on any atom is -0.293 e. The van der Waals surface area contributed by atoms with Crippen LogP contribution in [0.4, 0.5) is 0 Å². The lowest BCUT2D eigenvalue weighted by molar-refractivity contribution is -0.117. The molecule has 0 heterocycles. The lowest BCUT2D eigenvalue weighted by atomic mass is 9.66. The Kier molecular flexibility index (Phi) is 4.18. The fourth-order valence-corrected chi connectivity index (χ4v) is 3.87. The van der Waals surface area contributed by atoms with Gasteiger partial charge in [-0.25, -0.2) is 8.42 Å². The maximum atomic E-state index is 12.7. The predicted octanol–water partition coefficient (Wildman–Crippen LogP) is 3.86. The van der Waals surface area contributed by atoms with Crippen molar-refractivity contribution >= 4 is 26.8 Å². The minimum absolute atomic E-state index is 0.100. The molecule has 24 heavy (non-hydrogen) atoms. The molecule has 0 aromatic heterocycles. The van der Waals surface area contributed by atoms with Crippen LogP contribution in [0.3, 0.4) is 0 Å². The number of hydrogen-bond donors (Lipinski definition) is 0. The third-order valence-electron chi connectivity index (χ3n) is 4.43. The number of Topliss-reactive ketones (excluding diaryl/α,β-unsaturated/α-hetero) is 1. The number of benzene rings is 2. The predicted molar refractivity (Wildman–Crippen MR) is 96.1 cm³/mol. The minimum atomic E-state index is -3.24. The Hall–Kier alpha value is -2.20. The largest absolute Gasteiger partial charge is 0.293 e. The van der Waals surface area contributed by atoms with Crippen LogP contribution in [0.25, 0.3) is 11.1 Å². The molecule has 124 valence electrons. The zero-order valence-corrected chi connectivity index (χ0v) is 14.8. The summed E-state index contributed by atoms with van der Waals surface area (Å²) in [6.45, 7) is 4.10. The zero-order valence-electron chi connectivity index (χ0n) is 14.0. The molecule has 3 rings (SSSR count). The summed E-state index contributed by atoms with van der Waals surface area (Å²) >= 11 is 0. The fraction of sp³-hybridized carbons (Fsp3) is 0.250. The van der Waals surface area contributed by atoms with Crippen LogP contribution in [0.2, 0.25) is 0 Å². The summed E-state index contributed by atoms with van der Waals surface area (Å²) < 4.78 is 23.2. The molecule has 0 aliphatic heterocycles. The highest BCUT2D eigenvalue weighted by atomic mass is 32.2. The monoisotopic (exact) mass is 340 g/mol. The molecule has 1 aliphatic rings. The number of allylic oxidation sites excluding steroid dienone is 2.